The van der Waals surface area contributed by atoms with Crippen molar-refractivity contribution in [2.24, 2.45) is 0 Å². The van der Waals surface area contributed by atoms with Gasteiger partial charge in [-0.15, -0.1) is 0 Å². The number of hydrogen-bond acceptors (Lipinski definition) is 5. The molecule has 1 heterocycles. The van der Waals surface area contributed by atoms with E-state index in [1.165, 1.54) is 16.8 Å². The number of hydrogen-bond donors (Lipinski definition) is 2. The van der Waals surface area contributed by atoms with Gasteiger partial charge in [0.15, 0.2) is 5.82 Å². The van der Waals surface area contributed by atoms with E-state index in [9.17, 15) is 14.0 Å². The van der Waals surface area contributed by atoms with Crippen molar-refractivity contribution in [1.29, 1.82) is 0 Å². The third kappa shape index (κ3) is 7.58. The zero-order chi connectivity index (χ0) is 30.6. The van der Waals surface area contributed by atoms with Crippen LogP contribution in [0.5, 0.6) is 0 Å². The normalized spacial score (nSPS) is 13.1. The monoisotopic (exact) mass is 646 g/mol. The highest BCUT2D eigenvalue weighted by Gasteiger charge is 2.27. The molecule has 0 radical (unpaired) electrons. The van der Waals surface area contributed by atoms with Crippen LogP contribution in [0.3, 0.4) is 0 Å². The molecule has 1 aliphatic carbocycles. The van der Waals surface area contributed by atoms with E-state index >= 15 is 0 Å². The zero-order valence-electron chi connectivity index (χ0n) is 24.6. The first kappa shape index (κ1) is 30.6. The van der Waals surface area contributed by atoms with Crippen LogP contribution >= 0.6 is 15.9 Å². The van der Waals surface area contributed by atoms with Crippen molar-refractivity contribution >= 4 is 27.7 Å². The minimum Gasteiger partial charge on any atom is -0.377 e. The van der Waals surface area contributed by atoms with Gasteiger partial charge in [0.05, 0.1) is 17.8 Å². The Labute approximate surface area is 259 Å². The molecule has 224 valence electrons. The summed E-state index contributed by atoms with van der Waals surface area (Å²) in [4.78, 5) is 30.9. The molecular formula is C34H36BrFN4O3. The first-order valence-corrected chi connectivity index (χ1v) is 15.3. The summed E-state index contributed by atoms with van der Waals surface area (Å²) in [5.41, 5.74) is 2.91. The molecule has 9 heteroatoms. The highest BCUT2D eigenvalue weighted by atomic mass is 79.9. The molecular weight excluding hydrogens is 611 g/mol. The molecule has 5 rings (SSSR count). The molecule has 4 aromatic rings. The lowest BCUT2D eigenvalue weighted by Gasteiger charge is -2.30. The molecule has 0 spiro atoms. The van der Waals surface area contributed by atoms with Crippen molar-refractivity contribution in [3.05, 3.63) is 122 Å². The summed E-state index contributed by atoms with van der Waals surface area (Å²) >= 11 is 3.42. The molecule has 1 fully saturated rings. The number of carbonyl (C=O) groups is 1. The molecule has 1 aliphatic rings. The lowest BCUT2D eigenvalue weighted by atomic mass is 9.88. The predicted molar refractivity (Wildman–Crippen MR) is 170 cm³/mol. The summed E-state index contributed by atoms with van der Waals surface area (Å²) in [7, 11) is 0. The molecule has 3 aromatic carbocycles. The Morgan fingerprint density at radius 3 is 2.58 bits per heavy atom. The third-order valence-electron chi connectivity index (χ3n) is 7.59. The third-order valence-corrected chi connectivity index (χ3v) is 7.98. The summed E-state index contributed by atoms with van der Waals surface area (Å²) in [5, 5.41) is 6.23. The smallest absolute Gasteiger partial charge is 0.297 e. The fourth-order valence-electron chi connectivity index (χ4n) is 5.11. The largest absolute Gasteiger partial charge is 0.377 e. The first-order chi connectivity index (χ1) is 20.6. The maximum absolute atomic E-state index is 15.0. The average molecular weight is 648 g/mol. The van der Waals surface area contributed by atoms with Crippen LogP contribution in [-0.4, -0.2) is 28.1 Å². The number of carbonyl (C=O) groups excluding carboxylic acids is 1. The van der Waals surface area contributed by atoms with Crippen LogP contribution in [-0.2, 0) is 23.3 Å². The minimum absolute atomic E-state index is 0.105. The number of ether oxygens (including phenoxy) is 1. The Morgan fingerprint density at radius 1 is 1.12 bits per heavy atom. The number of aromatic nitrogens is 2. The Kier molecular flexibility index (Phi) is 9.42. The van der Waals surface area contributed by atoms with Crippen LogP contribution in [0, 0.1) is 12.7 Å². The highest BCUT2D eigenvalue weighted by Crippen LogP contribution is 2.29. The molecule has 1 amide bonds. The van der Waals surface area contributed by atoms with E-state index in [0.29, 0.717) is 17.8 Å². The van der Waals surface area contributed by atoms with Crippen LogP contribution < -0.4 is 16.2 Å². The number of halogens is 2. The van der Waals surface area contributed by atoms with Gasteiger partial charge in [-0.3, -0.25) is 14.2 Å². The number of nitrogens with zero attached hydrogens (tertiary/aromatic N) is 2. The van der Waals surface area contributed by atoms with Crippen LogP contribution in [0.1, 0.15) is 65.7 Å². The second-order valence-corrected chi connectivity index (χ2v) is 12.3. The SMILES string of the molecule is Cc1c(F)cc(C(=O)NC2CC2)cc1-n1cc(Br)nc(NC(C)(C)c2ccccc2CCCOCc2ccccc2)c1=O. The van der Waals surface area contributed by atoms with Crippen molar-refractivity contribution < 1.29 is 13.9 Å². The van der Waals surface area contributed by atoms with Gasteiger partial charge in [-0.2, -0.15) is 0 Å². The standard InChI is InChI=1S/C34H36BrFN4O3/c1-22-28(36)18-25(32(41)37-26-15-16-26)19-29(22)40-20-30(35)38-31(33(40)42)39-34(2,3)27-14-8-7-12-24(27)13-9-17-43-21-23-10-5-4-6-11-23/h4-8,10-12,14,18-20,26H,9,13,15-17,21H2,1-3H3,(H,37,41)(H,38,39). The fraction of sp³-hybridized carbons (Fsp3) is 0.324. The summed E-state index contributed by atoms with van der Waals surface area (Å²) < 4.78 is 22.6. The molecule has 0 bridgehead atoms. The van der Waals surface area contributed by atoms with Crippen molar-refractivity contribution in [3.63, 3.8) is 0 Å². The topological polar surface area (TPSA) is 85.2 Å². The second kappa shape index (κ2) is 13.2. The number of aryl methyl sites for hydroxylation is 1. The van der Waals surface area contributed by atoms with Gasteiger partial charge < -0.3 is 15.4 Å². The fourth-order valence-corrected chi connectivity index (χ4v) is 5.49. The average Bonchev–Trinajstić information content (AvgIpc) is 3.80. The van der Waals surface area contributed by atoms with E-state index in [1.807, 2.05) is 62.4 Å². The second-order valence-electron chi connectivity index (χ2n) is 11.5. The van der Waals surface area contributed by atoms with E-state index < -0.39 is 16.9 Å². The Morgan fingerprint density at radius 2 is 1.84 bits per heavy atom. The molecule has 0 saturated heterocycles. The van der Waals surface area contributed by atoms with Crippen LogP contribution in [0.4, 0.5) is 10.2 Å². The predicted octanol–water partition coefficient (Wildman–Crippen LogP) is 6.83. The molecule has 0 atom stereocenters. The maximum Gasteiger partial charge on any atom is 0.297 e. The quantitative estimate of drug-likeness (QED) is 0.165. The van der Waals surface area contributed by atoms with E-state index in [2.05, 4.69) is 37.6 Å². The molecule has 0 aliphatic heterocycles. The van der Waals surface area contributed by atoms with Gasteiger partial charge in [0, 0.05) is 30.0 Å². The molecule has 0 unspecified atom stereocenters. The summed E-state index contributed by atoms with van der Waals surface area (Å²) in [6.07, 6.45) is 4.98. The van der Waals surface area contributed by atoms with Crippen LogP contribution in [0.15, 0.2) is 82.3 Å². The Balaban J connectivity index is 1.36. The molecule has 43 heavy (non-hydrogen) atoms. The van der Waals surface area contributed by atoms with E-state index in [-0.39, 0.29) is 34.6 Å². The van der Waals surface area contributed by atoms with Crippen LogP contribution in [0.2, 0.25) is 0 Å². The van der Waals surface area contributed by atoms with Gasteiger partial charge in [0.2, 0.25) is 0 Å². The van der Waals surface area contributed by atoms with Crippen molar-refractivity contribution in [1.82, 2.24) is 14.9 Å². The number of rotatable bonds is 12. The van der Waals surface area contributed by atoms with Gasteiger partial charge in [0.1, 0.15) is 10.4 Å². The van der Waals surface area contributed by atoms with Gasteiger partial charge in [-0.05, 0) is 91.2 Å². The lowest BCUT2D eigenvalue weighted by Crippen LogP contribution is -2.35. The van der Waals surface area contributed by atoms with E-state index in [4.69, 9.17) is 4.74 Å². The van der Waals surface area contributed by atoms with Crippen molar-refractivity contribution in [3.8, 4) is 5.69 Å². The Hall–Kier alpha value is -3.82. The first-order valence-electron chi connectivity index (χ1n) is 14.5. The minimum atomic E-state index is -0.668. The summed E-state index contributed by atoms with van der Waals surface area (Å²) in [5.74, 6) is -0.812. The van der Waals surface area contributed by atoms with Gasteiger partial charge >= 0.3 is 0 Å². The molecule has 7 nitrogen and oxygen atoms in total. The molecule has 1 aromatic heterocycles. The van der Waals surface area contributed by atoms with Crippen molar-refractivity contribution in [2.45, 2.75) is 64.6 Å². The maximum atomic E-state index is 15.0. The lowest BCUT2D eigenvalue weighted by molar-refractivity contribution is 0.0950. The summed E-state index contributed by atoms with van der Waals surface area (Å²) in [6.45, 7) is 6.79. The van der Waals surface area contributed by atoms with E-state index in [0.717, 1.165) is 42.4 Å². The number of nitrogens with one attached hydrogen (secondary N) is 2. The zero-order valence-corrected chi connectivity index (χ0v) is 26.2. The Bertz CT molecular complexity index is 1670. The van der Waals surface area contributed by atoms with Crippen LogP contribution in [0.25, 0.3) is 5.69 Å². The van der Waals surface area contributed by atoms with E-state index in [1.54, 1.807) is 13.0 Å². The number of amides is 1. The number of anilines is 1. The van der Waals surface area contributed by atoms with Gasteiger partial charge in [-0.25, -0.2) is 9.37 Å². The number of benzene rings is 3. The van der Waals surface area contributed by atoms with Crippen molar-refractivity contribution in [2.75, 3.05) is 11.9 Å². The molecule has 1 saturated carbocycles. The highest BCUT2D eigenvalue weighted by molar-refractivity contribution is 9.10. The molecule has 2 N–H and O–H groups in total. The van der Waals surface area contributed by atoms with Gasteiger partial charge in [0.25, 0.3) is 11.5 Å². The summed E-state index contributed by atoms with van der Waals surface area (Å²) in [6, 6.07) is 21.1. The van der Waals surface area contributed by atoms with Gasteiger partial charge in [-0.1, -0.05) is 54.6 Å².